The SMILES string of the molecule is O=C(N[C@@H]1CCCCNC1=O)c1cc(C2CC2)on1. The van der Waals surface area contributed by atoms with Crippen molar-refractivity contribution < 1.29 is 14.1 Å². The molecular weight excluding hydrogens is 246 g/mol. The van der Waals surface area contributed by atoms with Gasteiger partial charge in [0.1, 0.15) is 11.8 Å². The van der Waals surface area contributed by atoms with E-state index in [2.05, 4.69) is 15.8 Å². The van der Waals surface area contributed by atoms with Gasteiger partial charge in [0.05, 0.1) is 0 Å². The second kappa shape index (κ2) is 5.03. The van der Waals surface area contributed by atoms with E-state index in [1.807, 2.05) is 0 Å². The van der Waals surface area contributed by atoms with E-state index in [0.29, 0.717) is 18.9 Å². The third-order valence-corrected chi connectivity index (χ3v) is 3.58. The van der Waals surface area contributed by atoms with Crippen LogP contribution in [0.15, 0.2) is 10.6 Å². The molecule has 1 aliphatic carbocycles. The quantitative estimate of drug-likeness (QED) is 0.850. The zero-order valence-corrected chi connectivity index (χ0v) is 10.6. The Bertz CT molecular complexity index is 493. The standard InChI is InChI=1S/C13H17N3O3/c17-12-9(3-1-2-6-14-12)15-13(18)10-7-11(19-16-10)8-4-5-8/h7-9H,1-6H2,(H,14,17)(H,15,18)/t9-/m1/s1. The Hall–Kier alpha value is -1.85. The Kier molecular flexibility index (Phi) is 3.23. The number of hydrogen-bond donors (Lipinski definition) is 2. The Labute approximate surface area is 110 Å². The van der Waals surface area contributed by atoms with Gasteiger partial charge in [0.2, 0.25) is 5.91 Å². The topological polar surface area (TPSA) is 84.2 Å². The fraction of sp³-hybridized carbons (Fsp3) is 0.615. The van der Waals surface area contributed by atoms with Crippen molar-refractivity contribution in [2.75, 3.05) is 6.54 Å². The Morgan fingerprint density at radius 2 is 2.21 bits per heavy atom. The molecule has 1 saturated carbocycles. The summed E-state index contributed by atoms with van der Waals surface area (Å²) in [4.78, 5) is 23.7. The van der Waals surface area contributed by atoms with Crippen molar-refractivity contribution in [1.82, 2.24) is 15.8 Å². The van der Waals surface area contributed by atoms with Crippen molar-refractivity contribution in [3.8, 4) is 0 Å². The highest BCUT2D eigenvalue weighted by Gasteiger charge is 2.30. The zero-order chi connectivity index (χ0) is 13.2. The van der Waals surface area contributed by atoms with Gasteiger partial charge in [-0.05, 0) is 32.1 Å². The van der Waals surface area contributed by atoms with Gasteiger partial charge in [0, 0.05) is 18.5 Å². The number of nitrogens with zero attached hydrogens (tertiary/aromatic N) is 1. The number of aromatic nitrogens is 1. The summed E-state index contributed by atoms with van der Waals surface area (Å²) in [7, 11) is 0. The van der Waals surface area contributed by atoms with E-state index in [0.717, 1.165) is 31.4 Å². The summed E-state index contributed by atoms with van der Waals surface area (Å²) < 4.78 is 5.14. The molecule has 6 heteroatoms. The van der Waals surface area contributed by atoms with E-state index in [1.165, 1.54) is 0 Å². The number of rotatable bonds is 3. The molecule has 0 radical (unpaired) electrons. The van der Waals surface area contributed by atoms with Gasteiger partial charge < -0.3 is 15.2 Å². The minimum Gasteiger partial charge on any atom is -0.360 e. The van der Waals surface area contributed by atoms with Crippen LogP contribution >= 0.6 is 0 Å². The van der Waals surface area contributed by atoms with Gasteiger partial charge in [-0.2, -0.15) is 0 Å². The molecule has 1 atom stereocenters. The minimum atomic E-state index is -0.462. The highest BCUT2D eigenvalue weighted by Crippen LogP contribution is 2.40. The van der Waals surface area contributed by atoms with Crippen LogP contribution in [0.5, 0.6) is 0 Å². The zero-order valence-electron chi connectivity index (χ0n) is 10.6. The average molecular weight is 263 g/mol. The van der Waals surface area contributed by atoms with Gasteiger partial charge in [0.15, 0.2) is 5.69 Å². The fourth-order valence-corrected chi connectivity index (χ4v) is 2.27. The first-order valence-corrected chi connectivity index (χ1v) is 6.79. The lowest BCUT2D eigenvalue weighted by molar-refractivity contribution is -0.122. The number of amides is 2. The van der Waals surface area contributed by atoms with Crippen LogP contribution in [-0.2, 0) is 4.79 Å². The molecule has 3 rings (SSSR count). The molecule has 0 unspecified atom stereocenters. The van der Waals surface area contributed by atoms with E-state index in [1.54, 1.807) is 6.07 Å². The maximum Gasteiger partial charge on any atom is 0.274 e. The summed E-state index contributed by atoms with van der Waals surface area (Å²) in [5.41, 5.74) is 0.263. The molecule has 2 amide bonds. The Morgan fingerprint density at radius 1 is 1.37 bits per heavy atom. The molecule has 1 saturated heterocycles. The summed E-state index contributed by atoms with van der Waals surface area (Å²) in [6.45, 7) is 0.682. The third-order valence-electron chi connectivity index (χ3n) is 3.58. The Balaban J connectivity index is 1.63. The molecule has 0 bridgehead atoms. The van der Waals surface area contributed by atoms with Crippen LogP contribution in [-0.4, -0.2) is 29.6 Å². The molecule has 2 aliphatic rings. The van der Waals surface area contributed by atoms with Crippen molar-refractivity contribution in [2.24, 2.45) is 0 Å². The molecule has 2 heterocycles. The molecule has 1 aromatic heterocycles. The lowest BCUT2D eigenvalue weighted by Gasteiger charge is -2.13. The van der Waals surface area contributed by atoms with E-state index in [-0.39, 0.29) is 17.5 Å². The van der Waals surface area contributed by atoms with Crippen molar-refractivity contribution in [1.29, 1.82) is 0 Å². The maximum atomic E-state index is 12.0. The maximum absolute atomic E-state index is 12.0. The number of hydrogen-bond acceptors (Lipinski definition) is 4. The van der Waals surface area contributed by atoms with Gasteiger partial charge >= 0.3 is 0 Å². The van der Waals surface area contributed by atoms with Crippen molar-refractivity contribution in [3.05, 3.63) is 17.5 Å². The van der Waals surface area contributed by atoms with Crippen LogP contribution in [0.1, 0.15) is 54.3 Å². The lowest BCUT2D eigenvalue weighted by atomic mass is 10.1. The molecule has 102 valence electrons. The smallest absolute Gasteiger partial charge is 0.274 e. The summed E-state index contributed by atoms with van der Waals surface area (Å²) in [5, 5.41) is 9.28. The average Bonchev–Trinajstić information content (AvgIpc) is 3.17. The van der Waals surface area contributed by atoms with Gasteiger partial charge in [-0.1, -0.05) is 5.16 Å². The summed E-state index contributed by atoms with van der Waals surface area (Å²) >= 11 is 0. The van der Waals surface area contributed by atoms with Crippen molar-refractivity contribution in [3.63, 3.8) is 0 Å². The number of nitrogens with one attached hydrogen (secondary N) is 2. The molecule has 1 aliphatic heterocycles. The third kappa shape index (κ3) is 2.77. The Morgan fingerprint density at radius 3 is 3.00 bits per heavy atom. The largest absolute Gasteiger partial charge is 0.360 e. The van der Waals surface area contributed by atoms with Gasteiger partial charge in [-0.15, -0.1) is 0 Å². The first-order chi connectivity index (χ1) is 9.24. The van der Waals surface area contributed by atoms with Gasteiger partial charge in [0.25, 0.3) is 5.91 Å². The molecule has 2 N–H and O–H groups in total. The monoisotopic (exact) mass is 263 g/mol. The summed E-state index contributed by atoms with van der Waals surface area (Å²) in [6, 6.07) is 1.22. The first-order valence-electron chi connectivity index (χ1n) is 6.79. The normalized spacial score (nSPS) is 23.6. The van der Waals surface area contributed by atoms with Crippen LogP contribution in [0.2, 0.25) is 0 Å². The van der Waals surface area contributed by atoms with E-state index < -0.39 is 6.04 Å². The predicted octanol–water partition coefficient (Wildman–Crippen LogP) is 0.950. The van der Waals surface area contributed by atoms with Crippen LogP contribution in [0, 0.1) is 0 Å². The van der Waals surface area contributed by atoms with Gasteiger partial charge in [-0.25, -0.2) is 0 Å². The summed E-state index contributed by atoms with van der Waals surface area (Å²) in [5.74, 6) is 0.750. The fourth-order valence-electron chi connectivity index (χ4n) is 2.27. The number of carbonyl (C=O) groups excluding carboxylic acids is 2. The molecule has 19 heavy (non-hydrogen) atoms. The molecule has 0 spiro atoms. The second-order valence-electron chi connectivity index (χ2n) is 5.20. The van der Waals surface area contributed by atoms with E-state index >= 15 is 0 Å². The number of carbonyl (C=O) groups is 2. The van der Waals surface area contributed by atoms with Crippen LogP contribution in [0.25, 0.3) is 0 Å². The molecular formula is C13H17N3O3. The van der Waals surface area contributed by atoms with Crippen molar-refractivity contribution >= 4 is 11.8 Å². The van der Waals surface area contributed by atoms with Crippen LogP contribution < -0.4 is 10.6 Å². The lowest BCUT2D eigenvalue weighted by Crippen LogP contribution is -2.45. The molecule has 1 aromatic rings. The van der Waals surface area contributed by atoms with E-state index in [4.69, 9.17) is 4.52 Å². The van der Waals surface area contributed by atoms with Gasteiger partial charge in [-0.3, -0.25) is 9.59 Å². The van der Waals surface area contributed by atoms with Crippen LogP contribution in [0.3, 0.4) is 0 Å². The highest BCUT2D eigenvalue weighted by molar-refractivity contribution is 5.96. The molecule has 0 aromatic carbocycles. The second-order valence-corrected chi connectivity index (χ2v) is 5.20. The molecule has 6 nitrogen and oxygen atoms in total. The van der Waals surface area contributed by atoms with Crippen LogP contribution in [0.4, 0.5) is 0 Å². The van der Waals surface area contributed by atoms with Crippen molar-refractivity contribution in [2.45, 2.75) is 44.1 Å². The highest BCUT2D eigenvalue weighted by atomic mass is 16.5. The summed E-state index contributed by atoms with van der Waals surface area (Å²) in [6.07, 6.45) is 4.75. The molecule has 2 fully saturated rings. The van der Waals surface area contributed by atoms with E-state index in [9.17, 15) is 9.59 Å². The minimum absolute atomic E-state index is 0.114. The first kappa shape index (κ1) is 12.2. The predicted molar refractivity (Wildman–Crippen MR) is 66.6 cm³/mol.